The molecular weight excluding hydrogens is 398 g/mol. The highest BCUT2D eigenvalue weighted by Crippen LogP contribution is 2.56. The maximum atomic E-state index is 13.1. The zero-order chi connectivity index (χ0) is 21.5. The van der Waals surface area contributed by atoms with Crippen molar-refractivity contribution < 1.29 is 4.79 Å². The second kappa shape index (κ2) is 8.64. The highest BCUT2D eigenvalue weighted by Gasteiger charge is 2.46. The number of allylic oxidation sites excluding steroid dienone is 1. The van der Waals surface area contributed by atoms with Crippen LogP contribution in [0.15, 0.2) is 36.0 Å². The van der Waals surface area contributed by atoms with Gasteiger partial charge in [-0.3, -0.25) is 9.20 Å². The van der Waals surface area contributed by atoms with E-state index < -0.39 is 0 Å². The summed E-state index contributed by atoms with van der Waals surface area (Å²) in [4.78, 5) is 17.9. The molecule has 6 nitrogen and oxygen atoms in total. The summed E-state index contributed by atoms with van der Waals surface area (Å²) in [6, 6.07) is 6.45. The molecule has 3 aliphatic carbocycles. The van der Waals surface area contributed by atoms with E-state index in [1.807, 2.05) is 28.8 Å². The third-order valence-corrected chi connectivity index (χ3v) is 8.40. The number of amides is 1. The predicted octanol–water partition coefficient (Wildman–Crippen LogP) is 2.94. The fourth-order valence-corrected chi connectivity index (χ4v) is 6.83. The molecule has 2 aromatic rings. The zero-order valence-corrected chi connectivity index (χ0v) is 18.9. The summed E-state index contributed by atoms with van der Waals surface area (Å²) in [5.74, 6) is 3.17. The van der Waals surface area contributed by atoms with Crippen LogP contribution < -0.4 is 16.0 Å². The van der Waals surface area contributed by atoms with Crippen LogP contribution in [-0.4, -0.2) is 47.5 Å². The molecule has 4 unspecified atom stereocenters. The molecule has 1 amide bonds. The molecule has 1 aliphatic heterocycles. The van der Waals surface area contributed by atoms with Gasteiger partial charge >= 0.3 is 0 Å². The summed E-state index contributed by atoms with van der Waals surface area (Å²) < 4.78 is 1.96. The first kappa shape index (κ1) is 20.4. The maximum absolute atomic E-state index is 13.1. The number of nitrogens with one attached hydrogen (secondary N) is 3. The van der Waals surface area contributed by atoms with Crippen LogP contribution in [-0.2, 0) is 6.42 Å². The van der Waals surface area contributed by atoms with Gasteiger partial charge in [-0.25, -0.2) is 4.98 Å². The first-order chi connectivity index (χ1) is 15.7. The van der Waals surface area contributed by atoms with E-state index in [0.29, 0.717) is 17.7 Å². The monoisotopic (exact) mass is 433 g/mol. The molecular formula is C26H35N5O. The van der Waals surface area contributed by atoms with Crippen LogP contribution in [0.2, 0.25) is 0 Å². The average Bonchev–Trinajstić information content (AvgIpc) is 3.46. The Hall–Kier alpha value is -2.18. The number of pyridine rings is 1. The number of hydrogen-bond acceptors (Lipinski definition) is 4. The van der Waals surface area contributed by atoms with Gasteiger partial charge in [0.2, 0.25) is 0 Å². The highest BCUT2D eigenvalue weighted by atomic mass is 16.1. The summed E-state index contributed by atoms with van der Waals surface area (Å²) in [6.07, 6.45) is 13.1. The summed E-state index contributed by atoms with van der Waals surface area (Å²) in [7, 11) is 0. The van der Waals surface area contributed by atoms with Crippen molar-refractivity contribution in [2.75, 3.05) is 26.2 Å². The van der Waals surface area contributed by atoms with Crippen LogP contribution in [0, 0.1) is 23.7 Å². The number of fused-ring (bicyclic) bond motifs is 2. The SMILES string of the molecule is O=C(NCC1CC2CC3CC=C1C2C3)c1cccc2nc(CCNC3CCNCC3)cn12. The van der Waals surface area contributed by atoms with Gasteiger partial charge in [-0.1, -0.05) is 17.7 Å². The Labute approximate surface area is 190 Å². The lowest BCUT2D eigenvalue weighted by Crippen LogP contribution is -2.40. The summed E-state index contributed by atoms with van der Waals surface area (Å²) >= 11 is 0. The number of rotatable bonds is 7. The molecule has 1 saturated heterocycles. The molecule has 0 radical (unpaired) electrons. The molecule has 170 valence electrons. The van der Waals surface area contributed by atoms with Crippen molar-refractivity contribution in [3.8, 4) is 0 Å². The number of nitrogens with zero attached hydrogens (tertiary/aromatic N) is 2. The molecule has 32 heavy (non-hydrogen) atoms. The van der Waals surface area contributed by atoms with Crippen molar-refractivity contribution in [1.82, 2.24) is 25.3 Å². The van der Waals surface area contributed by atoms with E-state index in [0.717, 1.165) is 61.7 Å². The number of piperidine rings is 1. The van der Waals surface area contributed by atoms with E-state index in [1.165, 1.54) is 38.5 Å². The van der Waals surface area contributed by atoms with Gasteiger partial charge in [0.25, 0.3) is 5.91 Å². The largest absolute Gasteiger partial charge is 0.350 e. The Bertz CT molecular complexity index is 1020. The predicted molar refractivity (Wildman–Crippen MR) is 126 cm³/mol. The van der Waals surface area contributed by atoms with Crippen LogP contribution >= 0.6 is 0 Å². The molecule has 2 bridgehead atoms. The Morgan fingerprint density at radius 3 is 3.00 bits per heavy atom. The van der Waals surface area contributed by atoms with E-state index in [2.05, 4.69) is 22.0 Å². The Balaban J connectivity index is 1.09. The van der Waals surface area contributed by atoms with Crippen molar-refractivity contribution in [2.45, 2.75) is 51.0 Å². The molecule has 3 N–H and O–H groups in total. The summed E-state index contributed by atoms with van der Waals surface area (Å²) in [5, 5.41) is 10.3. The van der Waals surface area contributed by atoms with Crippen molar-refractivity contribution in [1.29, 1.82) is 0 Å². The van der Waals surface area contributed by atoms with Crippen LogP contribution in [0.4, 0.5) is 0 Å². The van der Waals surface area contributed by atoms with Crippen LogP contribution in [0.5, 0.6) is 0 Å². The molecule has 2 aromatic heterocycles. The van der Waals surface area contributed by atoms with Gasteiger partial charge in [0, 0.05) is 31.7 Å². The van der Waals surface area contributed by atoms with Crippen LogP contribution in [0.25, 0.3) is 5.65 Å². The normalized spacial score (nSPS) is 29.4. The number of imidazole rings is 1. The molecule has 3 fully saturated rings. The quantitative estimate of drug-likeness (QED) is 0.587. The minimum absolute atomic E-state index is 0.0127. The molecule has 3 heterocycles. The standard InChI is InChI=1S/C26H35N5O/c32-26(29-15-19-14-18-12-17-4-5-22(19)23(18)13-17)24-2-1-3-25-30-21(16-31(24)25)8-11-28-20-6-9-27-10-7-20/h1-3,5,16-20,23,27-28H,4,6-15H2,(H,29,32). The van der Waals surface area contributed by atoms with E-state index in [4.69, 9.17) is 4.98 Å². The Morgan fingerprint density at radius 1 is 1.19 bits per heavy atom. The number of aromatic nitrogens is 2. The number of carbonyl (C=O) groups excluding carboxylic acids is 1. The number of carbonyl (C=O) groups is 1. The second-order valence-electron chi connectivity index (χ2n) is 10.4. The van der Waals surface area contributed by atoms with Crippen LogP contribution in [0.1, 0.15) is 54.7 Å². The second-order valence-corrected chi connectivity index (χ2v) is 10.4. The maximum Gasteiger partial charge on any atom is 0.268 e. The van der Waals surface area contributed by atoms with Gasteiger partial charge < -0.3 is 16.0 Å². The lowest BCUT2D eigenvalue weighted by atomic mass is 9.85. The third-order valence-electron chi connectivity index (χ3n) is 8.40. The topological polar surface area (TPSA) is 70.5 Å². The third kappa shape index (κ3) is 3.88. The Morgan fingerprint density at radius 2 is 2.09 bits per heavy atom. The van der Waals surface area contributed by atoms with Crippen LogP contribution in [0.3, 0.4) is 0 Å². The van der Waals surface area contributed by atoms with Gasteiger partial charge in [0.1, 0.15) is 11.3 Å². The fraction of sp³-hybridized carbons (Fsp3) is 0.615. The summed E-state index contributed by atoms with van der Waals surface area (Å²) in [5.41, 5.74) is 4.22. The lowest BCUT2D eigenvalue weighted by Gasteiger charge is -2.23. The summed E-state index contributed by atoms with van der Waals surface area (Å²) in [6.45, 7) is 3.89. The van der Waals surface area contributed by atoms with E-state index in [9.17, 15) is 4.79 Å². The lowest BCUT2D eigenvalue weighted by molar-refractivity contribution is 0.0942. The molecule has 2 saturated carbocycles. The average molecular weight is 434 g/mol. The van der Waals surface area contributed by atoms with Crippen molar-refractivity contribution in [3.63, 3.8) is 0 Å². The van der Waals surface area contributed by atoms with E-state index >= 15 is 0 Å². The van der Waals surface area contributed by atoms with E-state index in [1.54, 1.807) is 5.57 Å². The van der Waals surface area contributed by atoms with Gasteiger partial charge in [0.05, 0.1) is 5.69 Å². The smallest absolute Gasteiger partial charge is 0.268 e. The van der Waals surface area contributed by atoms with E-state index in [-0.39, 0.29) is 5.91 Å². The van der Waals surface area contributed by atoms with Gasteiger partial charge in [-0.05, 0) is 87.4 Å². The highest BCUT2D eigenvalue weighted by molar-refractivity contribution is 5.93. The van der Waals surface area contributed by atoms with Gasteiger partial charge in [0.15, 0.2) is 0 Å². The van der Waals surface area contributed by atoms with Crippen molar-refractivity contribution in [2.24, 2.45) is 23.7 Å². The molecule has 6 rings (SSSR count). The Kier molecular flexibility index (Phi) is 5.51. The molecule has 0 aromatic carbocycles. The van der Waals surface area contributed by atoms with Crippen molar-refractivity contribution >= 4 is 11.6 Å². The molecule has 4 atom stereocenters. The minimum Gasteiger partial charge on any atom is -0.350 e. The minimum atomic E-state index is 0.0127. The first-order valence-electron chi connectivity index (χ1n) is 12.6. The molecule has 0 spiro atoms. The number of hydrogen-bond donors (Lipinski definition) is 3. The van der Waals surface area contributed by atoms with Crippen molar-refractivity contribution in [3.05, 3.63) is 47.4 Å². The zero-order valence-electron chi connectivity index (χ0n) is 18.9. The molecule has 6 heteroatoms. The first-order valence-corrected chi connectivity index (χ1v) is 12.6. The van der Waals surface area contributed by atoms with Gasteiger partial charge in [-0.2, -0.15) is 0 Å². The van der Waals surface area contributed by atoms with Gasteiger partial charge in [-0.15, -0.1) is 0 Å². The molecule has 4 aliphatic rings. The fourth-order valence-electron chi connectivity index (χ4n) is 6.83.